The number of aromatic nitrogens is 2. The van der Waals surface area contributed by atoms with E-state index in [4.69, 9.17) is 8.92 Å². The van der Waals surface area contributed by atoms with Crippen LogP contribution in [0.2, 0.25) is 0 Å². The standard InChI is InChI=1S/C11H17N3O4S/c1-17-10-3-5-12-11(13-10)14-6-4-9(7-14)8-18-19(2,15)16/h3,5,9H,4,6-8H2,1-2H3. The molecule has 0 aromatic carbocycles. The van der Waals surface area contributed by atoms with E-state index < -0.39 is 10.1 Å². The molecule has 0 amide bonds. The van der Waals surface area contributed by atoms with E-state index in [1.807, 2.05) is 4.90 Å². The summed E-state index contributed by atoms with van der Waals surface area (Å²) in [5.41, 5.74) is 0. The molecule has 7 nitrogen and oxygen atoms in total. The van der Waals surface area contributed by atoms with Crippen molar-refractivity contribution in [3.8, 4) is 5.88 Å². The van der Waals surface area contributed by atoms with E-state index in [0.29, 0.717) is 18.4 Å². The molecule has 1 aromatic rings. The average molecular weight is 287 g/mol. The predicted molar refractivity (Wildman–Crippen MR) is 69.7 cm³/mol. The third-order valence-corrected chi connectivity index (χ3v) is 3.48. The maximum absolute atomic E-state index is 10.9. The van der Waals surface area contributed by atoms with Gasteiger partial charge in [-0.15, -0.1) is 0 Å². The molecule has 0 radical (unpaired) electrons. The van der Waals surface area contributed by atoms with E-state index in [1.54, 1.807) is 19.4 Å². The summed E-state index contributed by atoms with van der Waals surface area (Å²) in [6.45, 7) is 1.67. The molecule has 0 spiro atoms. The van der Waals surface area contributed by atoms with Crippen LogP contribution in [0.1, 0.15) is 6.42 Å². The molecule has 2 rings (SSSR count). The van der Waals surface area contributed by atoms with Crippen molar-refractivity contribution in [3.63, 3.8) is 0 Å². The van der Waals surface area contributed by atoms with Gasteiger partial charge in [-0.25, -0.2) is 4.98 Å². The summed E-state index contributed by atoms with van der Waals surface area (Å²) >= 11 is 0. The van der Waals surface area contributed by atoms with E-state index in [2.05, 4.69) is 9.97 Å². The zero-order valence-electron chi connectivity index (χ0n) is 10.9. The fraction of sp³-hybridized carbons (Fsp3) is 0.636. The summed E-state index contributed by atoms with van der Waals surface area (Å²) in [6.07, 6.45) is 3.56. The van der Waals surface area contributed by atoms with Crippen LogP contribution >= 0.6 is 0 Å². The van der Waals surface area contributed by atoms with Crippen LogP contribution in [0.3, 0.4) is 0 Å². The van der Waals surface area contributed by atoms with Crippen molar-refractivity contribution in [3.05, 3.63) is 12.3 Å². The largest absolute Gasteiger partial charge is 0.481 e. The predicted octanol–water partition coefficient (Wildman–Crippen LogP) is 0.288. The highest BCUT2D eigenvalue weighted by molar-refractivity contribution is 7.85. The topological polar surface area (TPSA) is 81.6 Å². The fourth-order valence-corrected chi connectivity index (χ4v) is 2.41. The second-order valence-electron chi connectivity index (χ2n) is 4.49. The molecule has 8 heteroatoms. The van der Waals surface area contributed by atoms with Crippen LogP contribution < -0.4 is 9.64 Å². The molecule has 1 aromatic heterocycles. The number of ether oxygens (including phenoxy) is 1. The lowest BCUT2D eigenvalue weighted by Crippen LogP contribution is -2.23. The van der Waals surface area contributed by atoms with Gasteiger partial charge in [0.2, 0.25) is 11.8 Å². The molecular formula is C11H17N3O4S. The third-order valence-electron chi connectivity index (χ3n) is 2.91. The minimum atomic E-state index is -3.37. The highest BCUT2D eigenvalue weighted by Gasteiger charge is 2.25. The molecule has 106 valence electrons. The van der Waals surface area contributed by atoms with E-state index in [9.17, 15) is 8.42 Å². The van der Waals surface area contributed by atoms with Crippen molar-refractivity contribution in [2.24, 2.45) is 5.92 Å². The van der Waals surface area contributed by atoms with Gasteiger partial charge in [0.25, 0.3) is 10.1 Å². The Balaban J connectivity index is 1.94. The van der Waals surface area contributed by atoms with Crippen LogP contribution in [0, 0.1) is 5.92 Å². The van der Waals surface area contributed by atoms with E-state index in [-0.39, 0.29) is 12.5 Å². The average Bonchev–Trinajstić information content (AvgIpc) is 2.84. The van der Waals surface area contributed by atoms with Gasteiger partial charge < -0.3 is 9.64 Å². The minimum Gasteiger partial charge on any atom is -0.481 e. The Hall–Kier alpha value is -1.41. The molecule has 1 aliphatic rings. The van der Waals surface area contributed by atoms with E-state index in [1.165, 1.54) is 0 Å². The Kier molecular flexibility index (Phi) is 4.20. The molecule has 1 atom stereocenters. The smallest absolute Gasteiger partial charge is 0.264 e. The maximum Gasteiger partial charge on any atom is 0.264 e. The van der Waals surface area contributed by atoms with Crippen molar-refractivity contribution in [1.29, 1.82) is 0 Å². The summed E-state index contributed by atoms with van der Waals surface area (Å²) in [5, 5.41) is 0. The van der Waals surface area contributed by atoms with Crippen LogP contribution in [0.25, 0.3) is 0 Å². The molecule has 19 heavy (non-hydrogen) atoms. The first-order chi connectivity index (χ1) is 8.98. The van der Waals surface area contributed by atoms with Gasteiger partial charge in [0, 0.05) is 31.3 Å². The lowest BCUT2D eigenvalue weighted by molar-refractivity contribution is 0.268. The molecule has 0 saturated carbocycles. The Morgan fingerprint density at radius 3 is 3.00 bits per heavy atom. The van der Waals surface area contributed by atoms with Gasteiger partial charge in [-0.3, -0.25) is 4.18 Å². The Bertz CT molecular complexity index is 534. The van der Waals surface area contributed by atoms with Gasteiger partial charge >= 0.3 is 0 Å². The van der Waals surface area contributed by atoms with E-state index >= 15 is 0 Å². The minimum absolute atomic E-state index is 0.171. The number of rotatable bonds is 5. The van der Waals surface area contributed by atoms with Crippen LogP contribution in [0.4, 0.5) is 5.95 Å². The van der Waals surface area contributed by atoms with Gasteiger partial charge in [-0.2, -0.15) is 13.4 Å². The maximum atomic E-state index is 10.9. The number of hydrogen-bond acceptors (Lipinski definition) is 7. The molecule has 2 heterocycles. The fourth-order valence-electron chi connectivity index (χ4n) is 1.97. The van der Waals surface area contributed by atoms with Crippen LogP contribution in [0.5, 0.6) is 5.88 Å². The lowest BCUT2D eigenvalue weighted by atomic mass is 10.1. The van der Waals surface area contributed by atoms with Crippen LogP contribution in [0.15, 0.2) is 12.3 Å². The van der Waals surface area contributed by atoms with Gasteiger partial charge in [-0.1, -0.05) is 0 Å². The highest BCUT2D eigenvalue weighted by atomic mass is 32.2. The van der Waals surface area contributed by atoms with Gasteiger partial charge in [0.05, 0.1) is 20.0 Å². The summed E-state index contributed by atoms with van der Waals surface area (Å²) in [7, 11) is -1.82. The summed E-state index contributed by atoms with van der Waals surface area (Å²) in [6, 6.07) is 1.68. The second-order valence-corrected chi connectivity index (χ2v) is 6.13. The zero-order chi connectivity index (χ0) is 13.9. The molecule has 1 unspecified atom stereocenters. The van der Waals surface area contributed by atoms with E-state index in [0.717, 1.165) is 19.2 Å². The van der Waals surface area contributed by atoms with Gasteiger partial charge in [-0.05, 0) is 6.42 Å². The van der Waals surface area contributed by atoms with Crippen molar-refractivity contribution in [2.75, 3.05) is 38.0 Å². The SMILES string of the molecule is COc1ccnc(N2CCC(COS(C)(=O)=O)C2)n1. The number of anilines is 1. The third kappa shape index (κ3) is 4.03. The lowest BCUT2D eigenvalue weighted by Gasteiger charge is -2.16. The first kappa shape index (κ1) is 14.0. The number of methoxy groups -OCH3 is 1. The molecule has 1 saturated heterocycles. The number of nitrogens with zero attached hydrogens (tertiary/aromatic N) is 3. The molecule has 1 fully saturated rings. The second kappa shape index (κ2) is 5.70. The van der Waals surface area contributed by atoms with Crippen LogP contribution in [-0.2, 0) is 14.3 Å². The van der Waals surface area contributed by atoms with Gasteiger partial charge in [0.1, 0.15) is 0 Å². The van der Waals surface area contributed by atoms with Gasteiger partial charge in [0.15, 0.2) is 0 Å². The normalized spacial score (nSPS) is 19.7. The monoisotopic (exact) mass is 287 g/mol. The van der Waals surface area contributed by atoms with Crippen molar-refractivity contribution < 1.29 is 17.3 Å². The summed E-state index contributed by atoms with van der Waals surface area (Å²) < 4.78 is 31.8. The molecular weight excluding hydrogens is 270 g/mol. The molecule has 0 aliphatic carbocycles. The summed E-state index contributed by atoms with van der Waals surface area (Å²) in [4.78, 5) is 10.4. The molecule has 0 bridgehead atoms. The Labute approximate surface area is 112 Å². The molecule has 1 aliphatic heterocycles. The highest BCUT2D eigenvalue weighted by Crippen LogP contribution is 2.22. The number of hydrogen-bond donors (Lipinski definition) is 0. The Morgan fingerprint density at radius 2 is 2.32 bits per heavy atom. The first-order valence-electron chi connectivity index (χ1n) is 5.94. The molecule has 0 N–H and O–H groups in total. The summed E-state index contributed by atoms with van der Waals surface area (Å²) in [5.74, 6) is 1.28. The zero-order valence-corrected chi connectivity index (χ0v) is 11.8. The quantitative estimate of drug-likeness (QED) is 0.720. The van der Waals surface area contributed by atoms with Crippen molar-refractivity contribution in [1.82, 2.24) is 9.97 Å². The Morgan fingerprint density at radius 1 is 1.53 bits per heavy atom. The first-order valence-corrected chi connectivity index (χ1v) is 7.76. The van der Waals surface area contributed by atoms with Crippen LogP contribution in [-0.4, -0.2) is 51.4 Å². The van der Waals surface area contributed by atoms with Crippen molar-refractivity contribution >= 4 is 16.1 Å². The van der Waals surface area contributed by atoms with Crippen molar-refractivity contribution in [2.45, 2.75) is 6.42 Å².